The molecule has 2 saturated carbocycles. The summed E-state index contributed by atoms with van der Waals surface area (Å²) >= 11 is 0. The molecular formula is C20H29ClN2O2. The van der Waals surface area contributed by atoms with Crippen molar-refractivity contribution < 1.29 is 9.53 Å². The maximum Gasteiger partial charge on any atom is 0.220 e. The number of ether oxygens (including phenoxy) is 1. The maximum atomic E-state index is 12.7. The Labute approximate surface area is 156 Å². The summed E-state index contributed by atoms with van der Waals surface area (Å²) in [6, 6.07) is 8.81. The molecule has 0 aromatic heterocycles. The van der Waals surface area contributed by atoms with Crippen LogP contribution in [0.4, 0.5) is 0 Å². The number of carbonyl (C=O) groups is 1. The summed E-state index contributed by atoms with van der Waals surface area (Å²) in [6.07, 6.45) is 7.37. The van der Waals surface area contributed by atoms with Crippen LogP contribution in [0.2, 0.25) is 0 Å². The highest BCUT2D eigenvalue weighted by Gasteiger charge is 2.40. The van der Waals surface area contributed by atoms with Crippen molar-refractivity contribution in [3.05, 3.63) is 29.8 Å². The average Bonchev–Trinajstić information content (AvgIpc) is 2.56. The zero-order valence-electron chi connectivity index (χ0n) is 14.7. The van der Waals surface area contributed by atoms with Crippen LogP contribution in [0.25, 0.3) is 0 Å². The number of rotatable bonds is 3. The molecule has 1 aromatic carbocycles. The minimum absolute atomic E-state index is 0. The van der Waals surface area contributed by atoms with Gasteiger partial charge in [-0.05, 0) is 61.5 Å². The number of benzene rings is 1. The normalized spacial score (nSPS) is 33.4. The number of halogens is 1. The fraction of sp³-hybridized carbons (Fsp3) is 0.650. The molecule has 3 aliphatic rings. The molecular weight excluding hydrogens is 336 g/mol. The van der Waals surface area contributed by atoms with Crippen molar-refractivity contribution in [2.75, 3.05) is 6.61 Å². The van der Waals surface area contributed by atoms with E-state index in [1.54, 1.807) is 0 Å². The molecule has 0 spiro atoms. The van der Waals surface area contributed by atoms with Gasteiger partial charge in [0.15, 0.2) is 0 Å². The smallest absolute Gasteiger partial charge is 0.220 e. The third kappa shape index (κ3) is 3.95. The van der Waals surface area contributed by atoms with Crippen molar-refractivity contribution in [2.45, 2.75) is 62.9 Å². The highest BCUT2D eigenvalue weighted by atomic mass is 35.5. The van der Waals surface area contributed by atoms with E-state index in [1.165, 1.54) is 24.8 Å². The van der Waals surface area contributed by atoms with Gasteiger partial charge in [-0.25, -0.2) is 0 Å². The molecule has 1 heterocycles. The Bertz CT molecular complexity index is 595. The minimum Gasteiger partial charge on any atom is -0.493 e. The number of fused-ring (bicyclic) bond motifs is 3. The molecule has 4 rings (SSSR count). The van der Waals surface area contributed by atoms with Gasteiger partial charge in [0.05, 0.1) is 6.61 Å². The minimum atomic E-state index is 0. The van der Waals surface area contributed by atoms with Crippen molar-refractivity contribution in [1.82, 2.24) is 5.32 Å². The van der Waals surface area contributed by atoms with E-state index in [9.17, 15) is 4.79 Å². The second kappa shape index (κ2) is 7.96. The number of carbonyl (C=O) groups excluding carboxylic acids is 1. The lowest BCUT2D eigenvalue weighted by atomic mass is 9.67. The number of nitrogens with two attached hydrogens (primary N) is 1. The first kappa shape index (κ1) is 18.5. The Morgan fingerprint density at radius 3 is 2.64 bits per heavy atom. The van der Waals surface area contributed by atoms with E-state index in [0.717, 1.165) is 25.0 Å². The van der Waals surface area contributed by atoms with Gasteiger partial charge in [0.2, 0.25) is 5.91 Å². The van der Waals surface area contributed by atoms with Crippen LogP contribution in [0, 0.1) is 11.8 Å². The van der Waals surface area contributed by atoms with E-state index in [-0.39, 0.29) is 24.2 Å². The second-order valence-electron chi connectivity index (χ2n) is 7.85. The summed E-state index contributed by atoms with van der Waals surface area (Å²) in [5.74, 6) is 2.59. The van der Waals surface area contributed by atoms with Crippen LogP contribution < -0.4 is 15.8 Å². The first-order valence-corrected chi connectivity index (χ1v) is 9.47. The van der Waals surface area contributed by atoms with Crippen molar-refractivity contribution >= 4 is 18.3 Å². The summed E-state index contributed by atoms with van der Waals surface area (Å²) in [5.41, 5.74) is 7.38. The van der Waals surface area contributed by atoms with Crippen molar-refractivity contribution in [2.24, 2.45) is 17.6 Å². The molecule has 1 aromatic rings. The zero-order chi connectivity index (χ0) is 16.5. The molecule has 138 valence electrons. The van der Waals surface area contributed by atoms with Gasteiger partial charge in [0.1, 0.15) is 5.75 Å². The third-order valence-corrected chi connectivity index (χ3v) is 6.22. The van der Waals surface area contributed by atoms with Crippen LogP contribution in [0.3, 0.4) is 0 Å². The quantitative estimate of drug-likeness (QED) is 0.864. The first-order valence-electron chi connectivity index (χ1n) is 9.47. The second-order valence-corrected chi connectivity index (χ2v) is 7.85. The lowest BCUT2D eigenvalue weighted by molar-refractivity contribution is -0.124. The first-order chi connectivity index (χ1) is 11.7. The molecule has 4 nitrogen and oxygen atoms in total. The van der Waals surface area contributed by atoms with Gasteiger partial charge in [0, 0.05) is 18.5 Å². The topological polar surface area (TPSA) is 64.3 Å². The lowest BCUT2D eigenvalue weighted by Gasteiger charge is -2.45. The summed E-state index contributed by atoms with van der Waals surface area (Å²) in [4.78, 5) is 12.7. The van der Waals surface area contributed by atoms with Crippen LogP contribution >= 0.6 is 12.4 Å². The van der Waals surface area contributed by atoms with Crippen LogP contribution in [-0.4, -0.2) is 24.6 Å². The standard InChI is InChI=1S/C20H28N2O2.ClH/c21-16-10-14-4-3-5-15(11-16)20(14)22-19(23)12-13-8-9-24-18-7-2-1-6-17(13)18;/h1-2,6-7,13-16,20H,3-5,8-12,21H2,(H,22,23);1H. The predicted octanol–water partition coefficient (Wildman–Crippen LogP) is 3.39. The Balaban J connectivity index is 0.00000182. The predicted molar refractivity (Wildman–Crippen MR) is 101 cm³/mol. The highest BCUT2D eigenvalue weighted by molar-refractivity contribution is 5.85. The van der Waals surface area contributed by atoms with E-state index < -0.39 is 0 Å². The summed E-state index contributed by atoms with van der Waals surface area (Å²) in [7, 11) is 0. The van der Waals surface area contributed by atoms with Crippen LogP contribution in [0.15, 0.2) is 24.3 Å². The van der Waals surface area contributed by atoms with E-state index in [4.69, 9.17) is 10.5 Å². The molecule has 2 aliphatic carbocycles. The molecule has 3 unspecified atom stereocenters. The van der Waals surface area contributed by atoms with E-state index in [2.05, 4.69) is 11.4 Å². The molecule has 0 saturated heterocycles. The Morgan fingerprint density at radius 1 is 1.16 bits per heavy atom. The summed E-state index contributed by atoms with van der Waals surface area (Å²) in [6.45, 7) is 0.707. The highest BCUT2D eigenvalue weighted by Crippen LogP contribution is 2.40. The van der Waals surface area contributed by atoms with Crippen LogP contribution in [-0.2, 0) is 4.79 Å². The van der Waals surface area contributed by atoms with E-state index in [0.29, 0.717) is 36.9 Å². The molecule has 25 heavy (non-hydrogen) atoms. The monoisotopic (exact) mass is 364 g/mol. The van der Waals surface area contributed by atoms with E-state index in [1.807, 2.05) is 18.2 Å². The van der Waals surface area contributed by atoms with Gasteiger partial charge >= 0.3 is 0 Å². The lowest BCUT2D eigenvalue weighted by Crippen LogP contribution is -2.53. The largest absolute Gasteiger partial charge is 0.493 e. The zero-order valence-corrected chi connectivity index (χ0v) is 15.5. The van der Waals surface area contributed by atoms with E-state index >= 15 is 0 Å². The maximum absolute atomic E-state index is 12.7. The van der Waals surface area contributed by atoms with Gasteiger partial charge in [-0.2, -0.15) is 0 Å². The van der Waals surface area contributed by atoms with Gasteiger partial charge in [-0.3, -0.25) is 4.79 Å². The van der Waals surface area contributed by atoms with Gasteiger partial charge in [-0.15, -0.1) is 12.4 Å². The number of para-hydroxylation sites is 1. The Morgan fingerprint density at radius 2 is 1.88 bits per heavy atom. The van der Waals surface area contributed by atoms with Gasteiger partial charge in [0.25, 0.3) is 0 Å². The number of hydrogen-bond acceptors (Lipinski definition) is 3. The van der Waals surface area contributed by atoms with Gasteiger partial charge < -0.3 is 15.8 Å². The SMILES string of the molecule is Cl.NC1CC2CCCC(C1)C2NC(=O)CC1CCOc2ccccc21. The molecule has 3 atom stereocenters. The Kier molecular flexibility index (Phi) is 5.90. The molecule has 2 bridgehead atoms. The molecule has 0 radical (unpaired) electrons. The average molecular weight is 365 g/mol. The fourth-order valence-corrected chi connectivity index (χ4v) is 5.12. The Hall–Kier alpha value is -1.26. The molecule has 1 amide bonds. The molecule has 3 N–H and O–H groups in total. The number of hydrogen-bond donors (Lipinski definition) is 2. The van der Waals surface area contributed by atoms with Crippen LogP contribution in [0.5, 0.6) is 5.75 Å². The van der Waals surface area contributed by atoms with Crippen molar-refractivity contribution in [3.63, 3.8) is 0 Å². The summed E-state index contributed by atoms with van der Waals surface area (Å²) < 4.78 is 5.71. The molecule has 2 fully saturated rings. The molecule has 1 aliphatic heterocycles. The van der Waals surface area contributed by atoms with Crippen molar-refractivity contribution in [3.8, 4) is 5.75 Å². The third-order valence-electron chi connectivity index (χ3n) is 6.22. The van der Waals surface area contributed by atoms with Crippen molar-refractivity contribution in [1.29, 1.82) is 0 Å². The summed E-state index contributed by atoms with van der Waals surface area (Å²) in [5, 5.41) is 3.38. The van der Waals surface area contributed by atoms with Crippen LogP contribution in [0.1, 0.15) is 56.4 Å². The molecule has 5 heteroatoms. The number of amides is 1. The van der Waals surface area contributed by atoms with Gasteiger partial charge in [-0.1, -0.05) is 24.6 Å². The fourth-order valence-electron chi connectivity index (χ4n) is 5.12. The number of nitrogens with one attached hydrogen (secondary N) is 1.